The lowest BCUT2D eigenvalue weighted by Gasteiger charge is -2.21. The van der Waals surface area contributed by atoms with E-state index >= 15 is 0 Å². The quantitative estimate of drug-likeness (QED) is 0.784. The summed E-state index contributed by atoms with van der Waals surface area (Å²) in [5.74, 6) is 0. The number of nitrogens with zero attached hydrogens (tertiary/aromatic N) is 1. The maximum absolute atomic E-state index is 5.71. The fourth-order valence-electron chi connectivity index (χ4n) is 2.97. The molecule has 112 valence electrons. The number of pyridine rings is 1. The van der Waals surface area contributed by atoms with Gasteiger partial charge in [-0.25, -0.2) is 0 Å². The third-order valence-electron chi connectivity index (χ3n) is 4.11. The van der Waals surface area contributed by atoms with Crippen LogP contribution in [0.4, 0.5) is 0 Å². The van der Waals surface area contributed by atoms with E-state index in [-0.39, 0.29) is 0 Å². The molecule has 0 saturated carbocycles. The first-order chi connectivity index (χ1) is 9.81. The molecular weight excluding hydrogens is 248 g/mol. The number of aromatic nitrogens is 1. The van der Waals surface area contributed by atoms with E-state index in [2.05, 4.69) is 30.2 Å². The van der Waals surface area contributed by atoms with E-state index in [0.29, 0.717) is 12.1 Å². The van der Waals surface area contributed by atoms with Gasteiger partial charge >= 0.3 is 0 Å². The van der Waals surface area contributed by atoms with Gasteiger partial charge in [0.05, 0.1) is 6.10 Å². The summed E-state index contributed by atoms with van der Waals surface area (Å²) in [5.41, 5.74) is 2.51. The van der Waals surface area contributed by atoms with Gasteiger partial charge in [-0.15, -0.1) is 0 Å². The highest BCUT2D eigenvalue weighted by atomic mass is 16.5. The van der Waals surface area contributed by atoms with Crippen molar-refractivity contribution < 1.29 is 4.74 Å². The Morgan fingerprint density at radius 3 is 3.10 bits per heavy atom. The lowest BCUT2D eigenvalue weighted by Crippen LogP contribution is -2.23. The molecule has 2 heterocycles. The van der Waals surface area contributed by atoms with Crippen molar-refractivity contribution in [2.45, 2.75) is 64.5 Å². The zero-order chi connectivity index (χ0) is 14.2. The zero-order valence-electron chi connectivity index (χ0n) is 12.9. The molecule has 1 aromatic heterocycles. The molecule has 20 heavy (non-hydrogen) atoms. The fraction of sp³-hybridized carbons (Fsp3) is 0.706. The molecule has 0 bridgehead atoms. The minimum absolute atomic E-state index is 0.435. The summed E-state index contributed by atoms with van der Waals surface area (Å²) in [6, 6.07) is 4.69. The van der Waals surface area contributed by atoms with Gasteiger partial charge in [0.2, 0.25) is 0 Å². The first-order valence-corrected chi connectivity index (χ1v) is 8.07. The molecule has 1 fully saturated rings. The van der Waals surface area contributed by atoms with Crippen LogP contribution >= 0.6 is 0 Å². The van der Waals surface area contributed by atoms with Gasteiger partial charge in [0, 0.05) is 24.5 Å². The topological polar surface area (TPSA) is 34.1 Å². The third-order valence-corrected chi connectivity index (χ3v) is 4.11. The van der Waals surface area contributed by atoms with E-state index in [1.165, 1.54) is 44.1 Å². The van der Waals surface area contributed by atoms with E-state index in [1.807, 2.05) is 12.3 Å². The van der Waals surface area contributed by atoms with Crippen LogP contribution in [-0.4, -0.2) is 24.2 Å². The monoisotopic (exact) mass is 276 g/mol. The van der Waals surface area contributed by atoms with Crippen molar-refractivity contribution in [3.63, 3.8) is 0 Å². The van der Waals surface area contributed by atoms with Gasteiger partial charge in [-0.1, -0.05) is 13.0 Å². The summed E-state index contributed by atoms with van der Waals surface area (Å²) in [5, 5.41) is 3.67. The molecule has 1 saturated heterocycles. The molecule has 0 aliphatic carbocycles. The molecule has 2 unspecified atom stereocenters. The van der Waals surface area contributed by atoms with Crippen LogP contribution in [0, 0.1) is 6.92 Å². The second-order valence-corrected chi connectivity index (χ2v) is 5.75. The molecule has 0 spiro atoms. The Labute approximate surface area is 123 Å². The summed E-state index contributed by atoms with van der Waals surface area (Å²) in [4.78, 5) is 4.43. The number of hydrogen-bond acceptors (Lipinski definition) is 3. The van der Waals surface area contributed by atoms with Crippen LogP contribution in [0.15, 0.2) is 18.3 Å². The minimum atomic E-state index is 0.435. The molecule has 2 atom stereocenters. The fourth-order valence-corrected chi connectivity index (χ4v) is 2.97. The Morgan fingerprint density at radius 2 is 2.40 bits per heavy atom. The van der Waals surface area contributed by atoms with E-state index < -0.39 is 0 Å². The van der Waals surface area contributed by atoms with Crippen LogP contribution in [0.2, 0.25) is 0 Å². The molecule has 1 aliphatic heterocycles. The summed E-state index contributed by atoms with van der Waals surface area (Å²) in [6.45, 7) is 6.35. The minimum Gasteiger partial charge on any atom is -0.378 e. The normalized spacial score (nSPS) is 20.2. The van der Waals surface area contributed by atoms with Gasteiger partial charge in [-0.3, -0.25) is 4.98 Å². The largest absolute Gasteiger partial charge is 0.378 e. The predicted molar refractivity (Wildman–Crippen MR) is 82.8 cm³/mol. The number of aryl methyl sites for hydroxylation is 1. The maximum atomic E-state index is 5.71. The Hall–Kier alpha value is -0.930. The van der Waals surface area contributed by atoms with Crippen molar-refractivity contribution in [3.8, 4) is 0 Å². The summed E-state index contributed by atoms with van der Waals surface area (Å²) >= 11 is 0. The molecule has 1 aromatic rings. The number of nitrogens with one attached hydrogen (secondary N) is 1. The second kappa shape index (κ2) is 8.38. The van der Waals surface area contributed by atoms with Gasteiger partial charge in [0.1, 0.15) is 0 Å². The highest BCUT2D eigenvalue weighted by molar-refractivity contribution is 5.22. The van der Waals surface area contributed by atoms with Crippen LogP contribution in [0.1, 0.15) is 62.7 Å². The van der Waals surface area contributed by atoms with Crippen LogP contribution < -0.4 is 5.32 Å². The van der Waals surface area contributed by atoms with Crippen molar-refractivity contribution in [1.82, 2.24) is 10.3 Å². The van der Waals surface area contributed by atoms with Crippen LogP contribution in [0.25, 0.3) is 0 Å². The third kappa shape index (κ3) is 4.57. The molecule has 0 radical (unpaired) electrons. The lowest BCUT2D eigenvalue weighted by atomic mass is 9.98. The Kier molecular flexibility index (Phi) is 6.48. The molecule has 1 N–H and O–H groups in total. The van der Waals surface area contributed by atoms with Crippen molar-refractivity contribution in [2.75, 3.05) is 13.2 Å². The first kappa shape index (κ1) is 15.5. The number of hydrogen-bond donors (Lipinski definition) is 1. The highest BCUT2D eigenvalue weighted by Crippen LogP contribution is 2.24. The molecule has 2 rings (SSSR count). The van der Waals surface area contributed by atoms with E-state index in [9.17, 15) is 0 Å². The SMILES string of the molecule is CCCNC(CCCC1CCCO1)c1cccnc1C. The van der Waals surface area contributed by atoms with Gasteiger partial charge in [-0.05, 0) is 63.6 Å². The molecule has 0 aromatic carbocycles. The molecule has 0 amide bonds. The standard InChI is InChI=1S/C17H28N2O/c1-3-11-19-17(16-9-5-12-18-14(16)2)10-4-7-15-8-6-13-20-15/h5,9,12,15,17,19H,3-4,6-8,10-11,13H2,1-2H3. The van der Waals surface area contributed by atoms with Crippen molar-refractivity contribution in [2.24, 2.45) is 0 Å². The number of ether oxygens (including phenoxy) is 1. The summed E-state index contributed by atoms with van der Waals surface area (Å²) in [7, 11) is 0. The molecule has 3 nitrogen and oxygen atoms in total. The van der Waals surface area contributed by atoms with Crippen LogP contribution in [-0.2, 0) is 4.74 Å². The van der Waals surface area contributed by atoms with Crippen molar-refractivity contribution in [1.29, 1.82) is 0 Å². The van der Waals surface area contributed by atoms with E-state index in [1.54, 1.807) is 0 Å². The van der Waals surface area contributed by atoms with Gasteiger partial charge < -0.3 is 10.1 Å². The van der Waals surface area contributed by atoms with Crippen molar-refractivity contribution in [3.05, 3.63) is 29.6 Å². The second-order valence-electron chi connectivity index (χ2n) is 5.75. The first-order valence-electron chi connectivity index (χ1n) is 8.07. The molecule has 1 aliphatic rings. The average Bonchev–Trinajstić information content (AvgIpc) is 2.97. The summed E-state index contributed by atoms with van der Waals surface area (Å²) in [6.07, 6.45) is 9.64. The van der Waals surface area contributed by atoms with Gasteiger partial charge in [0.25, 0.3) is 0 Å². The van der Waals surface area contributed by atoms with Crippen LogP contribution in [0.5, 0.6) is 0 Å². The van der Waals surface area contributed by atoms with E-state index in [4.69, 9.17) is 4.74 Å². The highest BCUT2D eigenvalue weighted by Gasteiger charge is 2.17. The molecule has 3 heteroatoms. The van der Waals surface area contributed by atoms with Gasteiger partial charge in [-0.2, -0.15) is 0 Å². The lowest BCUT2D eigenvalue weighted by molar-refractivity contribution is 0.101. The average molecular weight is 276 g/mol. The predicted octanol–water partition coefficient (Wildman–Crippen LogP) is 3.78. The number of rotatable bonds is 8. The van der Waals surface area contributed by atoms with Crippen molar-refractivity contribution >= 4 is 0 Å². The van der Waals surface area contributed by atoms with Crippen LogP contribution in [0.3, 0.4) is 0 Å². The molecular formula is C17H28N2O. The van der Waals surface area contributed by atoms with E-state index in [0.717, 1.165) is 18.8 Å². The Balaban J connectivity index is 1.87. The Bertz CT molecular complexity index is 388. The smallest absolute Gasteiger partial charge is 0.0576 e. The maximum Gasteiger partial charge on any atom is 0.0576 e. The Morgan fingerprint density at radius 1 is 1.50 bits per heavy atom. The van der Waals surface area contributed by atoms with Gasteiger partial charge in [0.15, 0.2) is 0 Å². The zero-order valence-corrected chi connectivity index (χ0v) is 12.9. The summed E-state index contributed by atoms with van der Waals surface area (Å²) < 4.78 is 5.71.